The minimum Gasteiger partial charge on any atom is -0.459 e. The summed E-state index contributed by atoms with van der Waals surface area (Å²) in [5.41, 5.74) is 0.515. The Morgan fingerprint density at radius 2 is 1.41 bits per heavy atom. The van der Waals surface area contributed by atoms with Gasteiger partial charge < -0.3 is 24.6 Å². The third kappa shape index (κ3) is 13.1. The van der Waals surface area contributed by atoms with Crippen molar-refractivity contribution in [2.45, 2.75) is 58.1 Å². The lowest BCUT2D eigenvalue weighted by Crippen LogP contribution is -2.52. The van der Waals surface area contributed by atoms with Gasteiger partial charge in [-0.05, 0) is 31.9 Å². The van der Waals surface area contributed by atoms with E-state index in [9.17, 15) is 27.9 Å². The lowest BCUT2D eigenvalue weighted by molar-refractivity contribution is -0.191. The molecular weight excluding hydrogens is 493 g/mol. The number of rotatable bonds is 12. The zero-order valence-electron chi connectivity index (χ0n) is 21.0. The quantitative estimate of drug-likeness (QED) is 0.319. The molecule has 2 N–H and O–H groups in total. The van der Waals surface area contributed by atoms with E-state index in [1.807, 2.05) is 0 Å². The van der Waals surface area contributed by atoms with Crippen LogP contribution in [0.5, 0.6) is 0 Å². The van der Waals surface area contributed by atoms with Gasteiger partial charge in [-0.25, -0.2) is 9.59 Å². The number of esters is 1. The van der Waals surface area contributed by atoms with Crippen molar-refractivity contribution in [2.24, 2.45) is 0 Å². The van der Waals surface area contributed by atoms with E-state index in [-0.39, 0.29) is 13.2 Å². The zero-order valence-corrected chi connectivity index (χ0v) is 21.0. The maximum atomic E-state index is 13.3. The molecule has 0 aliphatic heterocycles. The molecule has 2 aromatic rings. The van der Waals surface area contributed by atoms with Gasteiger partial charge in [0.25, 0.3) is 0 Å². The number of aliphatic hydroxyl groups excluding tert-OH is 1. The lowest BCUT2D eigenvalue weighted by Gasteiger charge is -2.31. The first-order valence-corrected chi connectivity index (χ1v) is 11.6. The highest BCUT2D eigenvalue weighted by Gasteiger charge is 2.35. The minimum atomic E-state index is -4.65. The van der Waals surface area contributed by atoms with Gasteiger partial charge in [0.1, 0.15) is 19.3 Å². The molecule has 0 saturated carbocycles. The van der Waals surface area contributed by atoms with Gasteiger partial charge in [-0.2, -0.15) is 13.2 Å². The second-order valence-electron chi connectivity index (χ2n) is 9.35. The van der Waals surface area contributed by atoms with Crippen molar-refractivity contribution in [3.63, 3.8) is 0 Å². The maximum absolute atomic E-state index is 13.3. The fourth-order valence-electron chi connectivity index (χ4n) is 3.30. The molecule has 37 heavy (non-hydrogen) atoms. The van der Waals surface area contributed by atoms with E-state index in [0.717, 1.165) is 4.90 Å². The molecule has 0 bridgehead atoms. The van der Waals surface area contributed by atoms with Crippen LogP contribution in [0, 0.1) is 0 Å². The molecule has 204 valence electrons. The monoisotopic (exact) mass is 526 g/mol. The molecular formula is C26H33F3N2O6. The van der Waals surface area contributed by atoms with E-state index in [0.29, 0.717) is 11.1 Å². The summed E-state index contributed by atoms with van der Waals surface area (Å²) in [6.07, 6.45) is -7.23. The Kier molecular flexibility index (Phi) is 11.4. The largest absolute Gasteiger partial charge is 0.459 e. The SMILES string of the molecule is CC(C)(C)O[C@H](O)CN(C[C@H](NC(=O)OCc1ccccc1)C(=O)OCc1ccccc1)CC(F)(F)F. The van der Waals surface area contributed by atoms with Crippen LogP contribution in [0.15, 0.2) is 60.7 Å². The molecule has 2 rings (SSSR count). The van der Waals surface area contributed by atoms with Gasteiger partial charge in [0, 0.05) is 13.1 Å². The van der Waals surface area contributed by atoms with Crippen molar-refractivity contribution >= 4 is 12.1 Å². The van der Waals surface area contributed by atoms with Crippen LogP contribution in [0.2, 0.25) is 0 Å². The lowest BCUT2D eigenvalue weighted by atomic mass is 10.2. The number of carbonyl (C=O) groups excluding carboxylic acids is 2. The van der Waals surface area contributed by atoms with Crippen molar-refractivity contribution in [2.75, 3.05) is 19.6 Å². The number of ether oxygens (including phenoxy) is 3. The second kappa shape index (κ2) is 14.0. The van der Waals surface area contributed by atoms with Crippen LogP contribution in [0.3, 0.4) is 0 Å². The number of benzene rings is 2. The van der Waals surface area contributed by atoms with Crippen molar-refractivity contribution in [1.82, 2.24) is 10.2 Å². The van der Waals surface area contributed by atoms with E-state index in [1.54, 1.807) is 81.4 Å². The summed E-state index contributed by atoms with van der Waals surface area (Å²) in [5.74, 6) is -0.959. The van der Waals surface area contributed by atoms with Crippen LogP contribution >= 0.6 is 0 Å². The first-order chi connectivity index (χ1) is 17.3. The summed E-state index contributed by atoms with van der Waals surface area (Å²) < 4.78 is 55.6. The minimum absolute atomic E-state index is 0.108. The summed E-state index contributed by atoms with van der Waals surface area (Å²) >= 11 is 0. The van der Waals surface area contributed by atoms with Gasteiger partial charge in [-0.1, -0.05) is 60.7 Å². The summed E-state index contributed by atoms with van der Waals surface area (Å²) in [6, 6.07) is 15.9. The predicted octanol–water partition coefficient (Wildman–Crippen LogP) is 4.02. The number of hydrogen-bond acceptors (Lipinski definition) is 7. The smallest absolute Gasteiger partial charge is 0.408 e. The predicted molar refractivity (Wildman–Crippen MR) is 129 cm³/mol. The summed E-state index contributed by atoms with van der Waals surface area (Å²) in [7, 11) is 0. The molecule has 8 nitrogen and oxygen atoms in total. The van der Waals surface area contributed by atoms with E-state index >= 15 is 0 Å². The van der Waals surface area contributed by atoms with Gasteiger partial charge in [0.2, 0.25) is 0 Å². The number of alkyl carbamates (subject to hydrolysis) is 1. The van der Waals surface area contributed by atoms with Gasteiger partial charge in [-0.15, -0.1) is 0 Å². The van der Waals surface area contributed by atoms with Crippen LogP contribution < -0.4 is 5.32 Å². The van der Waals surface area contributed by atoms with Crippen molar-refractivity contribution in [3.8, 4) is 0 Å². The molecule has 0 unspecified atom stereocenters. The molecule has 0 heterocycles. The Hall–Kier alpha value is -3.15. The van der Waals surface area contributed by atoms with Gasteiger partial charge in [0.15, 0.2) is 6.29 Å². The van der Waals surface area contributed by atoms with Crippen molar-refractivity contribution in [1.29, 1.82) is 0 Å². The molecule has 2 aromatic carbocycles. The molecule has 0 fully saturated rings. The van der Waals surface area contributed by atoms with E-state index in [1.165, 1.54) is 0 Å². The Morgan fingerprint density at radius 3 is 1.89 bits per heavy atom. The summed E-state index contributed by atoms with van der Waals surface area (Å²) in [6.45, 7) is 2.02. The molecule has 2 atom stereocenters. The van der Waals surface area contributed by atoms with Gasteiger partial charge in [0.05, 0.1) is 12.1 Å². The average Bonchev–Trinajstić information content (AvgIpc) is 2.79. The van der Waals surface area contributed by atoms with Crippen LogP contribution in [0.25, 0.3) is 0 Å². The fourth-order valence-corrected chi connectivity index (χ4v) is 3.30. The normalized spacial score (nSPS) is 13.6. The van der Waals surface area contributed by atoms with Crippen LogP contribution in [-0.2, 0) is 32.2 Å². The molecule has 0 aromatic heterocycles. The molecule has 0 radical (unpaired) electrons. The number of halogens is 3. The molecule has 0 saturated heterocycles. The highest BCUT2D eigenvalue weighted by molar-refractivity contribution is 5.81. The number of carbonyl (C=O) groups is 2. The van der Waals surface area contributed by atoms with E-state index in [4.69, 9.17) is 14.2 Å². The number of amides is 1. The molecule has 0 aliphatic rings. The highest BCUT2D eigenvalue weighted by Crippen LogP contribution is 2.18. The second-order valence-corrected chi connectivity index (χ2v) is 9.35. The first-order valence-electron chi connectivity index (χ1n) is 11.6. The van der Waals surface area contributed by atoms with Gasteiger partial charge in [-0.3, -0.25) is 4.90 Å². The number of aliphatic hydroxyl groups is 1. The Labute approximate surface area is 214 Å². The molecule has 0 aliphatic carbocycles. The molecule has 1 amide bonds. The van der Waals surface area contributed by atoms with Crippen LogP contribution in [0.4, 0.5) is 18.0 Å². The molecule has 0 spiro atoms. The fraction of sp³-hybridized carbons (Fsp3) is 0.462. The number of hydrogen-bond donors (Lipinski definition) is 2. The van der Waals surface area contributed by atoms with Crippen molar-refractivity contribution in [3.05, 3.63) is 71.8 Å². The molecule has 11 heteroatoms. The summed E-state index contributed by atoms with van der Waals surface area (Å²) in [5, 5.41) is 12.5. The number of nitrogens with zero attached hydrogens (tertiary/aromatic N) is 1. The average molecular weight is 527 g/mol. The third-order valence-electron chi connectivity index (χ3n) is 4.76. The van der Waals surface area contributed by atoms with E-state index in [2.05, 4.69) is 5.32 Å². The van der Waals surface area contributed by atoms with Crippen LogP contribution in [-0.4, -0.2) is 65.8 Å². The third-order valence-corrected chi connectivity index (χ3v) is 4.76. The summed E-state index contributed by atoms with van der Waals surface area (Å²) in [4.78, 5) is 26.0. The Balaban J connectivity index is 2.13. The van der Waals surface area contributed by atoms with Crippen molar-refractivity contribution < 1.29 is 42.1 Å². The highest BCUT2D eigenvalue weighted by atomic mass is 19.4. The zero-order chi connectivity index (χ0) is 27.5. The van der Waals surface area contributed by atoms with Gasteiger partial charge >= 0.3 is 18.2 Å². The van der Waals surface area contributed by atoms with E-state index < -0.39 is 55.8 Å². The number of nitrogens with one attached hydrogen (secondary N) is 1. The topological polar surface area (TPSA) is 97.3 Å². The number of alkyl halides is 3. The first kappa shape index (κ1) is 30.1. The Morgan fingerprint density at radius 1 is 0.892 bits per heavy atom. The Bertz CT molecular complexity index is 968. The maximum Gasteiger partial charge on any atom is 0.408 e. The standard InChI is InChI=1S/C26H33F3N2O6/c1-25(2,3)37-22(32)15-31(18-26(27,28)29)14-21(23(33)35-16-19-10-6-4-7-11-19)30-24(34)36-17-20-12-8-5-9-13-20/h4-13,21-22,32H,14-18H2,1-3H3,(H,30,34)/t21-,22-/m0/s1. The van der Waals surface area contributed by atoms with Crippen LogP contribution in [0.1, 0.15) is 31.9 Å².